The van der Waals surface area contributed by atoms with E-state index in [-0.39, 0.29) is 16.4 Å². The first-order chi connectivity index (χ1) is 24.2. The van der Waals surface area contributed by atoms with E-state index in [1.54, 1.807) is 73.7 Å². The Labute approximate surface area is 298 Å². The van der Waals surface area contributed by atoms with E-state index in [0.717, 1.165) is 44.5 Å². The van der Waals surface area contributed by atoms with Crippen LogP contribution in [0.25, 0.3) is 27.8 Å². The Morgan fingerprint density at radius 3 is 1.41 bits per heavy atom. The second-order valence-corrected chi connectivity index (χ2v) is 15.9. The second-order valence-electron chi connectivity index (χ2n) is 11.9. The molecular formula is C40H38O9S2. The summed E-state index contributed by atoms with van der Waals surface area (Å²) in [6, 6.07) is 34.4. The van der Waals surface area contributed by atoms with Gasteiger partial charge in [-0.3, -0.25) is 0 Å². The van der Waals surface area contributed by atoms with Crippen LogP contribution in [-0.2, 0) is 29.2 Å². The molecule has 0 aromatic heterocycles. The maximum absolute atomic E-state index is 12.0. The van der Waals surface area contributed by atoms with Crippen molar-refractivity contribution in [1.29, 1.82) is 0 Å². The highest BCUT2D eigenvalue weighted by Crippen LogP contribution is 2.33. The predicted octanol–water partition coefficient (Wildman–Crippen LogP) is 7.47. The molecule has 51 heavy (non-hydrogen) atoms. The Bertz CT molecular complexity index is 2140. The molecule has 0 aliphatic carbocycles. The van der Waals surface area contributed by atoms with Gasteiger partial charge in [0.1, 0.15) is 23.9 Å². The quantitative estimate of drug-likeness (QED) is 0.116. The van der Waals surface area contributed by atoms with E-state index >= 15 is 0 Å². The molecule has 0 bridgehead atoms. The highest BCUT2D eigenvalue weighted by Gasteiger charge is 2.17. The van der Waals surface area contributed by atoms with Gasteiger partial charge in [-0.15, -0.1) is 0 Å². The largest absolute Gasteiger partial charge is 0.494 e. The van der Waals surface area contributed by atoms with E-state index in [9.17, 15) is 21.6 Å². The monoisotopic (exact) mass is 726 g/mol. The van der Waals surface area contributed by atoms with Gasteiger partial charge in [0.25, 0.3) is 0 Å². The smallest absolute Gasteiger partial charge is 0.341 e. The molecule has 0 spiro atoms. The number of aliphatic carboxylic acids is 1. The summed E-state index contributed by atoms with van der Waals surface area (Å²) < 4.78 is 65.6. The van der Waals surface area contributed by atoms with Crippen molar-refractivity contribution in [3.05, 3.63) is 138 Å². The summed E-state index contributed by atoms with van der Waals surface area (Å²) in [4.78, 5) is 11.5. The fraction of sp³-hybridized carbons (Fsp3) is 0.175. The van der Waals surface area contributed by atoms with Crippen molar-refractivity contribution in [2.75, 3.05) is 32.3 Å². The van der Waals surface area contributed by atoms with Gasteiger partial charge in [0.05, 0.1) is 16.4 Å². The molecule has 0 aliphatic rings. The highest BCUT2D eigenvalue weighted by atomic mass is 32.2. The molecule has 0 unspecified atom stereocenters. The number of rotatable bonds is 14. The van der Waals surface area contributed by atoms with Crippen molar-refractivity contribution in [2.24, 2.45) is 0 Å². The van der Waals surface area contributed by atoms with Gasteiger partial charge >= 0.3 is 5.97 Å². The zero-order chi connectivity index (χ0) is 36.8. The summed E-state index contributed by atoms with van der Waals surface area (Å²) in [6.45, 7) is 3.71. The van der Waals surface area contributed by atoms with Gasteiger partial charge in [-0.2, -0.15) is 0 Å². The number of aryl methyl sites for hydroxylation is 1. The van der Waals surface area contributed by atoms with Gasteiger partial charge in [0, 0.05) is 18.1 Å². The van der Waals surface area contributed by atoms with Gasteiger partial charge in [-0.25, -0.2) is 21.6 Å². The molecule has 0 aliphatic heterocycles. The van der Waals surface area contributed by atoms with Crippen molar-refractivity contribution in [2.45, 2.75) is 23.6 Å². The molecule has 0 saturated heterocycles. The summed E-state index contributed by atoms with van der Waals surface area (Å²) >= 11 is 0. The first-order valence-corrected chi connectivity index (χ1v) is 19.8. The van der Waals surface area contributed by atoms with Crippen molar-refractivity contribution < 1.29 is 40.9 Å². The van der Waals surface area contributed by atoms with Crippen molar-refractivity contribution in [3.63, 3.8) is 0 Å². The van der Waals surface area contributed by atoms with E-state index in [2.05, 4.69) is 0 Å². The molecular weight excluding hydrogens is 689 g/mol. The van der Waals surface area contributed by atoms with Crippen LogP contribution >= 0.6 is 0 Å². The number of carboxylic acid groups (broad SMARTS) is 1. The lowest BCUT2D eigenvalue weighted by Gasteiger charge is -2.19. The Hall–Kier alpha value is -5.39. The van der Waals surface area contributed by atoms with Crippen LogP contribution in [0.15, 0.2) is 131 Å². The van der Waals surface area contributed by atoms with Crippen molar-refractivity contribution in [1.82, 2.24) is 0 Å². The van der Waals surface area contributed by atoms with Crippen LogP contribution < -0.4 is 9.47 Å². The Morgan fingerprint density at radius 1 is 0.608 bits per heavy atom. The zero-order valence-electron chi connectivity index (χ0n) is 28.6. The highest BCUT2D eigenvalue weighted by molar-refractivity contribution is 7.91. The van der Waals surface area contributed by atoms with Crippen LogP contribution in [0.5, 0.6) is 11.5 Å². The van der Waals surface area contributed by atoms with Crippen LogP contribution in [0.2, 0.25) is 0 Å². The molecule has 9 nitrogen and oxygen atoms in total. The molecule has 264 valence electrons. The number of carboxylic acids is 1. The van der Waals surface area contributed by atoms with Gasteiger partial charge in [-0.05, 0) is 95.3 Å². The normalized spacial score (nSPS) is 11.5. The lowest BCUT2D eigenvalue weighted by atomic mass is 9.93. The fourth-order valence-corrected chi connectivity index (χ4v) is 6.72. The molecule has 5 aromatic carbocycles. The summed E-state index contributed by atoms with van der Waals surface area (Å²) in [6.07, 6.45) is 2.36. The number of sulfone groups is 2. The first kappa shape index (κ1) is 36.9. The maximum atomic E-state index is 12.0. The molecule has 0 fully saturated rings. The summed E-state index contributed by atoms with van der Waals surface area (Å²) in [5.41, 5.74) is 6.77. The van der Waals surface area contributed by atoms with Crippen molar-refractivity contribution >= 4 is 31.2 Å². The lowest BCUT2D eigenvalue weighted by Crippen LogP contribution is -2.11. The van der Waals surface area contributed by atoms with Crippen LogP contribution in [0, 0.1) is 6.92 Å². The second kappa shape index (κ2) is 15.7. The average Bonchev–Trinajstić information content (AvgIpc) is 3.10. The van der Waals surface area contributed by atoms with E-state index < -0.39 is 32.3 Å². The number of carbonyl (C=O) groups is 1. The van der Waals surface area contributed by atoms with Crippen LogP contribution in [-0.4, -0.2) is 60.2 Å². The molecule has 0 radical (unpaired) electrons. The van der Waals surface area contributed by atoms with E-state index in [4.69, 9.17) is 19.3 Å². The molecule has 1 N–H and O–H groups in total. The standard InChI is InChI=1S/C40H38O9S2/c1-5-47-38(25-48-34-18-23-37(27(2)24-34)49-26-39(41)42)40(32-10-6-28(7-11-32)30-14-19-35(20-15-30)50(3,43)44)33-12-8-29(9-13-33)31-16-21-36(22-17-31)51(4,45)46/h6-24H,5,25-26H2,1-4H3,(H,41,42). The van der Waals surface area contributed by atoms with E-state index in [1.165, 1.54) is 12.5 Å². The molecule has 5 aromatic rings. The third-order valence-corrected chi connectivity index (χ3v) is 10.3. The van der Waals surface area contributed by atoms with Crippen molar-refractivity contribution in [3.8, 4) is 33.8 Å². The number of hydrogen-bond donors (Lipinski definition) is 1. The number of benzene rings is 5. The fourth-order valence-electron chi connectivity index (χ4n) is 5.46. The number of ether oxygens (including phenoxy) is 3. The SMILES string of the molecule is CCOC(COc1ccc(OCC(=O)O)c(C)c1)=C(c1ccc(-c2ccc(S(C)(=O)=O)cc2)cc1)c1ccc(-c2ccc(S(C)(=O)=O)cc2)cc1. The Kier molecular flexibility index (Phi) is 11.3. The summed E-state index contributed by atoms with van der Waals surface area (Å²) in [5.74, 6) is 0.511. The molecule has 11 heteroatoms. The van der Waals surface area contributed by atoms with E-state index in [0.29, 0.717) is 23.9 Å². The van der Waals surface area contributed by atoms with Gasteiger partial charge < -0.3 is 19.3 Å². The maximum Gasteiger partial charge on any atom is 0.341 e. The van der Waals surface area contributed by atoms with Crippen LogP contribution in [0.4, 0.5) is 0 Å². The van der Waals surface area contributed by atoms with Crippen LogP contribution in [0.1, 0.15) is 23.6 Å². The summed E-state index contributed by atoms with van der Waals surface area (Å²) in [5, 5.41) is 8.97. The molecule has 0 saturated carbocycles. The Balaban J connectivity index is 1.51. The average molecular weight is 727 g/mol. The molecule has 0 amide bonds. The minimum absolute atomic E-state index is 0.0847. The number of hydrogen-bond acceptors (Lipinski definition) is 8. The topological polar surface area (TPSA) is 133 Å². The third kappa shape index (κ3) is 9.44. The van der Waals surface area contributed by atoms with Gasteiger partial charge in [-0.1, -0.05) is 72.8 Å². The van der Waals surface area contributed by atoms with E-state index in [1.807, 2.05) is 55.5 Å². The molecule has 5 rings (SSSR count). The molecule has 0 heterocycles. The van der Waals surface area contributed by atoms with Gasteiger partial charge in [0.15, 0.2) is 26.3 Å². The first-order valence-electron chi connectivity index (χ1n) is 16.0. The molecule has 0 atom stereocenters. The third-order valence-electron chi connectivity index (χ3n) is 8.04. The van der Waals surface area contributed by atoms with Crippen LogP contribution in [0.3, 0.4) is 0 Å². The summed E-state index contributed by atoms with van der Waals surface area (Å²) in [7, 11) is -6.63. The minimum Gasteiger partial charge on any atom is -0.494 e. The van der Waals surface area contributed by atoms with Gasteiger partial charge in [0.2, 0.25) is 0 Å². The zero-order valence-corrected chi connectivity index (χ0v) is 30.3. The minimum atomic E-state index is -3.31. The Morgan fingerprint density at radius 2 is 1.04 bits per heavy atom. The lowest BCUT2D eigenvalue weighted by molar-refractivity contribution is -0.139. The predicted molar refractivity (Wildman–Crippen MR) is 197 cm³/mol.